The van der Waals surface area contributed by atoms with Gasteiger partial charge in [-0.1, -0.05) is 34.8 Å². The molecule has 2 heterocycles. The van der Waals surface area contributed by atoms with Gasteiger partial charge in [0.05, 0.1) is 26.1 Å². The van der Waals surface area contributed by atoms with E-state index in [2.05, 4.69) is 15.0 Å². The Hall–Kier alpha value is -1.49. The summed E-state index contributed by atoms with van der Waals surface area (Å²) in [5, 5.41) is 10.6. The highest BCUT2D eigenvalue weighted by Crippen LogP contribution is 2.43. The topological polar surface area (TPSA) is 61.8 Å². The molecule has 3 aromatic rings. The van der Waals surface area contributed by atoms with Crippen LogP contribution in [-0.4, -0.2) is 20.1 Å². The van der Waals surface area contributed by atoms with Crippen molar-refractivity contribution in [1.29, 1.82) is 0 Å². The summed E-state index contributed by atoms with van der Waals surface area (Å²) in [5.74, 6) is 0.200. The molecule has 0 fully saturated rings. The van der Waals surface area contributed by atoms with Gasteiger partial charge in [-0.05, 0) is 24.6 Å². The van der Waals surface area contributed by atoms with Crippen molar-refractivity contribution >= 4 is 46.0 Å². The fourth-order valence-corrected chi connectivity index (χ4v) is 2.65. The normalized spacial score (nSPS) is 11.2. The fourth-order valence-electron chi connectivity index (χ4n) is 1.96. The number of pyridine rings is 1. The Bertz CT molecular complexity index is 803. The molecule has 0 aliphatic rings. The van der Waals surface area contributed by atoms with Crippen LogP contribution >= 0.6 is 34.8 Å². The Morgan fingerprint density at radius 2 is 1.95 bits per heavy atom. The summed E-state index contributed by atoms with van der Waals surface area (Å²) in [5.41, 5.74) is 2.56. The number of rotatable bonds is 1. The number of benzene rings is 1. The second-order valence-corrected chi connectivity index (χ2v) is 5.48. The average molecular weight is 329 g/mol. The molecule has 102 valence electrons. The van der Waals surface area contributed by atoms with E-state index in [0.717, 1.165) is 11.1 Å². The number of halogens is 3. The van der Waals surface area contributed by atoms with Gasteiger partial charge in [-0.3, -0.25) is 0 Å². The number of aromatic hydroxyl groups is 1. The zero-order valence-corrected chi connectivity index (χ0v) is 12.5. The van der Waals surface area contributed by atoms with E-state index in [4.69, 9.17) is 34.8 Å². The lowest BCUT2D eigenvalue weighted by Crippen LogP contribution is -1.86. The SMILES string of the molecule is Cc1ccnc2nc(-c3c(O)c(Cl)cc(Cl)c3Cl)[nH]c12. The number of fused-ring (bicyclic) bond motifs is 1. The molecule has 0 saturated heterocycles. The minimum Gasteiger partial charge on any atom is -0.506 e. The first-order valence-corrected chi connectivity index (χ1v) is 6.80. The van der Waals surface area contributed by atoms with Gasteiger partial charge in [-0.2, -0.15) is 0 Å². The summed E-state index contributed by atoms with van der Waals surface area (Å²) in [6.45, 7) is 1.93. The van der Waals surface area contributed by atoms with E-state index < -0.39 is 0 Å². The number of hydrogen-bond acceptors (Lipinski definition) is 3. The molecule has 0 saturated carbocycles. The lowest BCUT2D eigenvalue weighted by atomic mass is 10.2. The van der Waals surface area contributed by atoms with Gasteiger partial charge in [0.25, 0.3) is 0 Å². The molecule has 0 unspecified atom stereocenters. The zero-order valence-electron chi connectivity index (χ0n) is 10.2. The Kier molecular flexibility index (Phi) is 3.24. The molecule has 0 aliphatic carbocycles. The molecule has 0 spiro atoms. The van der Waals surface area contributed by atoms with E-state index in [-0.39, 0.29) is 26.4 Å². The van der Waals surface area contributed by atoms with Crippen LogP contribution in [0.15, 0.2) is 18.3 Å². The molecule has 3 rings (SSSR count). The first-order valence-electron chi connectivity index (χ1n) is 5.67. The Morgan fingerprint density at radius 1 is 1.20 bits per heavy atom. The van der Waals surface area contributed by atoms with Gasteiger partial charge < -0.3 is 10.1 Å². The number of aryl methyl sites for hydroxylation is 1. The molecule has 0 radical (unpaired) electrons. The number of phenolic OH excluding ortho intramolecular Hbond substituents is 1. The highest BCUT2D eigenvalue weighted by Gasteiger charge is 2.20. The third-order valence-corrected chi connectivity index (χ3v) is 4.06. The minimum absolute atomic E-state index is 0.111. The van der Waals surface area contributed by atoms with Crippen molar-refractivity contribution < 1.29 is 5.11 Å². The van der Waals surface area contributed by atoms with Crippen molar-refractivity contribution in [2.45, 2.75) is 6.92 Å². The van der Waals surface area contributed by atoms with E-state index in [1.165, 1.54) is 6.07 Å². The van der Waals surface area contributed by atoms with Crippen LogP contribution in [0.5, 0.6) is 5.75 Å². The maximum Gasteiger partial charge on any atom is 0.178 e. The fraction of sp³-hybridized carbons (Fsp3) is 0.0769. The minimum atomic E-state index is -0.169. The maximum absolute atomic E-state index is 10.1. The van der Waals surface area contributed by atoms with Crippen LogP contribution in [0.3, 0.4) is 0 Å². The van der Waals surface area contributed by atoms with Gasteiger partial charge in [0, 0.05) is 6.20 Å². The van der Waals surface area contributed by atoms with Crippen molar-refractivity contribution in [2.75, 3.05) is 0 Å². The number of imidazole rings is 1. The Labute approximate surface area is 129 Å². The largest absolute Gasteiger partial charge is 0.506 e. The van der Waals surface area contributed by atoms with Crippen LogP contribution in [0.2, 0.25) is 15.1 Å². The highest BCUT2D eigenvalue weighted by molar-refractivity contribution is 6.45. The van der Waals surface area contributed by atoms with Crippen molar-refractivity contribution in [2.24, 2.45) is 0 Å². The standard InChI is InChI=1S/C13H8Cl3N3O/c1-5-2-3-17-13-10(5)18-12(19-13)8-9(16)6(14)4-7(15)11(8)20/h2-4,20H,1H3,(H,17,18,19). The quantitative estimate of drug-likeness (QED) is 0.642. The second kappa shape index (κ2) is 4.81. The van der Waals surface area contributed by atoms with Crippen molar-refractivity contribution in [3.63, 3.8) is 0 Å². The van der Waals surface area contributed by atoms with Crippen LogP contribution in [0.1, 0.15) is 5.56 Å². The molecule has 2 aromatic heterocycles. The van der Waals surface area contributed by atoms with Crippen LogP contribution in [0, 0.1) is 6.92 Å². The summed E-state index contributed by atoms with van der Waals surface area (Å²) in [7, 11) is 0. The summed E-state index contributed by atoms with van der Waals surface area (Å²) in [4.78, 5) is 11.6. The Balaban J connectivity index is 2.34. The number of aromatic amines is 1. The Morgan fingerprint density at radius 3 is 2.65 bits per heavy atom. The second-order valence-electron chi connectivity index (χ2n) is 4.29. The molecule has 0 aliphatic heterocycles. The number of H-pyrrole nitrogens is 1. The lowest BCUT2D eigenvalue weighted by Gasteiger charge is -2.07. The molecule has 7 heteroatoms. The van der Waals surface area contributed by atoms with Crippen LogP contribution < -0.4 is 0 Å². The van der Waals surface area contributed by atoms with Crippen molar-refractivity contribution in [1.82, 2.24) is 15.0 Å². The van der Waals surface area contributed by atoms with Crippen molar-refractivity contribution in [3.05, 3.63) is 39.0 Å². The number of nitrogens with one attached hydrogen (secondary N) is 1. The number of phenols is 1. The number of nitrogens with zero attached hydrogens (tertiary/aromatic N) is 2. The first kappa shape index (κ1) is 13.5. The zero-order chi connectivity index (χ0) is 14.4. The number of aromatic nitrogens is 3. The monoisotopic (exact) mass is 327 g/mol. The van der Waals surface area contributed by atoms with Crippen LogP contribution in [-0.2, 0) is 0 Å². The van der Waals surface area contributed by atoms with Gasteiger partial charge in [0.2, 0.25) is 0 Å². The summed E-state index contributed by atoms with van der Waals surface area (Å²) in [6.07, 6.45) is 1.66. The van der Waals surface area contributed by atoms with E-state index in [1.807, 2.05) is 13.0 Å². The third-order valence-electron chi connectivity index (χ3n) is 2.98. The molecule has 0 atom stereocenters. The van der Waals surface area contributed by atoms with E-state index in [0.29, 0.717) is 11.5 Å². The van der Waals surface area contributed by atoms with E-state index >= 15 is 0 Å². The first-order chi connectivity index (χ1) is 9.49. The van der Waals surface area contributed by atoms with Gasteiger partial charge >= 0.3 is 0 Å². The van der Waals surface area contributed by atoms with Crippen molar-refractivity contribution in [3.8, 4) is 17.1 Å². The molecule has 2 N–H and O–H groups in total. The predicted octanol–water partition coefficient (Wildman–Crippen LogP) is 4.60. The molecular formula is C13H8Cl3N3O. The number of hydrogen-bond donors (Lipinski definition) is 2. The lowest BCUT2D eigenvalue weighted by molar-refractivity contribution is 0.477. The molecule has 0 amide bonds. The highest BCUT2D eigenvalue weighted by atomic mass is 35.5. The maximum atomic E-state index is 10.1. The van der Waals surface area contributed by atoms with Gasteiger partial charge in [-0.25, -0.2) is 9.97 Å². The van der Waals surface area contributed by atoms with Gasteiger partial charge in [0.15, 0.2) is 5.65 Å². The van der Waals surface area contributed by atoms with Crippen LogP contribution in [0.4, 0.5) is 0 Å². The van der Waals surface area contributed by atoms with E-state index in [1.54, 1.807) is 6.20 Å². The average Bonchev–Trinajstić information content (AvgIpc) is 2.82. The molecule has 4 nitrogen and oxygen atoms in total. The van der Waals surface area contributed by atoms with Crippen LogP contribution in [0.25, 0.3) is 22.6 Å². The predicted molar refractivity (Wildman–Crippen MR) is 80.8 cm³/mol. The van der Waals surface area contributed by atoms with Gasteiger partial charge in [-0.15, -0.1) is 0 Å². The van der Waals surface area contributed by atoms with Gasteiger partial charge in [0.1, 0.15) is 11.6 Å². The smallest absolute Gasteiger partial charge is 0.178 e. The molecule has 1 aromatic carbocycles. The van der Waals surface area contributed by atoms with E-state index in [9.17, 15) is 5.11 Å². The molecular weight excluding hydrogens is 321 g/mol. The molecule has 0 bridgehead atoms. The molecule has 20 heavy (non-hydrogen) atoms. The summed E-state index contributed by atoms with van der Waals surface area (Å²) in [6, 6.07) is 3.24. The summed E-state index contributed by atoms with van der Waals surface area (Å²) >= 11 is 18.0. The summed E-state index contributed by atoms with van der Waals surface area (Å²) < 4.78 is 0. The third kappa shape index (κ3) is 2.00.